The molecule has 3 nitrogen and oxygen atoms in total. The number of nitrogens with zero attached hydrogens (tertiary/aromatic N) is 2. The highest BCUT2D eigenvalue weighted by molar-refractivity contribution is 5.03. The molecular formula is C17H33N3. The first-order valence-electron chi connectivity index (χ1n) is 8.37. The number of likely N-dealkylation sites (N-methyl/N-ethyl adjacent to an activating group) is 1. The van der Waals surface area contributed by atoms with E-state index in [0.29, 0.717) is 12.1 Å². The van der Waals surface area contributed by atoms with Gasteiger partial charge in [-0.3, -0.25) is 4.68 Å². The Morgan fingerprint density at radius 1 is 1.25 bits per heavy atom. The van der Waals surface area contributed by atoms with E-state index in [4.69, 9.17) is 5.10 Å². The second-order valence-electron chi connectivity index (χ2n) is 5.95. The summed E-state index contributed by atoms with van der Waals surface area (Å²) >= 11 is 0. The summed E-state index contributed by atoms with van der Waals surface area (Å²) in [6, 6.07) is 3.23. The molecule has 0 fully saturated rings. The lowest BCUT2D eigenvalue weighted by Crippen LogP contribution is -2.35. The van der Waals surface area contributed by atoms with E-state index >= 15 is 0 Å². The third kappa shape index (κ3) is 4.93. The summed E-state index contributed by atoms with van der Waals surface area (Å²) in [5.41, 5.74) is 1.22. The number of unbranched alkanes of at least 4 members (excludes halogenated alkanes) is 1. The van der Waals surface area contributed by atoms with Crippen LogP contribution in [0.5, 0.6) is 0 Å². The van der Waals surface area contributed by atoms with Crippen molar-refractivity contribution in [3.8, 4) is 0 Å². The lowest BCUT2D eigenvalue weighted by molar-refractivity contribution is 0.327. The van der Waals surface area contributed by atoms with Gasteiger partial charge in [-0.1, -0.05) is 40.0 Å². The van der Waals surface area contributed by atoms with Crippen molar-refractivity contribution in [1.82, 2.24) is 15.1 Å². The Bertz CT molecular complexity index is 359. The van der Waals surface area contributed by atoms with Crippen LogP contribution in [0.25, 0.3) is 0 Å². The molecule has 0 aromatic carbocycles. The molecule has 116 valence electrons. The molecule has 1 N–H and O–H groups in total. The minimum Gasteiger partial charge on any atom is -0.316 e. The monoisotopic (exact) mass is 279 g/mol. The molecule has 0 aliphatic rings. The predicted molar refractivity (Wildman–Crippen MR) is 87.1 cm³/mol. The molecule has 0 aliphatic carbocycles. The van der Waals surface area contributed by atoms with E-state index in [1.165, 1.54) is 31.4 Å². The molecule has 0 bridgehead atoms. The van der Waals surface area contributed by atoms with Crippen LogP contribution in [0.1, 0.15) is 71.5 Å². The summed E-state index contributed by atoms with van der Waals surface area (Å²) in [4.78, 5) is 0. The summed E-state index contributed by atoms with van der Waals surface area (Å²) in [7, 11) is 2.09. The SMILES string of the molecule is CCCCC(CC)C(Cc1ccn(C(C)CC)n1)NC. The summed E-state index contributed by atoms with van der Waals surface area (Å²) in [5, 5.41) is 8.26. The van der Waals surface area contributed by atoms with E-state index < -0.39 is 0 Å². The summed E-state index contributed by atoms with van der Waals surface area (Å²) in [5.74, 6) is 0.758. The Morgan fingerprint density at radius 3 is 2.55 bits per heavy atom. The molecule has 3 heteroatoms. The van der Waals surface area contributed by atoms with Gasteiger partial charge in [0, 0.05) is 24.7 Å². The Morgan fingerprint density at radius 2 is 2.00 bits per heavy atom. The van der Waals surface area contributed by atoms with Gasteiger partial charge in [0.15, 0.2) is 0 Å². The van der Waals surface area contributed by atoms with Crippen LogP contribution < -0.4 is 5.32 Å². The first-order chi connectivity index (χ1) is 9.65. The largest absolute Gasteiger partial charge is 0.316 e. The van der Waals surface area contributed by atoms with Gasteiger partial charge in [-0.15, -0.1) is 0 Å². The summed E-state index contributed by atoms with van der Waals surface area (Å²) in [6.45, 7) is 9.01. The average Bonchev–Trinajstić information content (AvgIpc) is 2.94. The first kappa shape index (κ1) is 17.2. The predicted octanol–water partition coefficient (Wildman–Crippen LogP) is 4.20. The van der Waals surface area contributed by atoms with Crippen molar-refractivity contribution in [3.05, 3.63) is 18.0 Å². The van der Waals surface area contributed by atoms with Crippen LogP contribution in [-0.4, -0.2) is 22.9 Å². The minimum absolute atomic E-state index is 0.499. The summed E-state index contributed by atoms with van der Waals surface area (Å²) in [6.07, 6.45) is 9.49. The van der Waals surface area contributed by atoms with Gasteiger partial charge in [-0.25, -0.2) is 0 Å². The zero-order valence-electron chi connectivity index (χ0n) is 14.0. The minimum atomic E-state index is 0.499. The van der Waals surface area contributed by atoms with Crippen LogP contribution in [0.3, 0.4) is 0 Å². The van der Waals surface area contributed by atoms with Gasteiger partial charge in [-0.05, 0) is 38.8 Å². The number of nitrogens with one attached hydrogen (secondary N) is 1. The highest BCUT2D eigenvalue weighted by Crippen LogP contribution is 2.20. The van der Waals surface area contributed by atoms with E-state index in [1.54, 1.807) is 0 Å². The van der Waals surface area contributed by atoms with Crippen molar-refractivity contribution in [2.75, 3.05) is 7.05 Å². The Balaban J connectivity index is 2.64. The second-order valence-corrected chi connectivity index (χ2v) is 5.95. The van der Waals surface area contributed by atoms with E-state index in [1.807, 2.05) is 0 Å². The average molecular weight is 279 g/mol. The second kappa shape index (κ2) is 9.17. The van der Waals surface area contributed by atoms with Gasteiger partial charge >= 0.3 is 0 Å². The molecule has 0 saturated carbocycles. The topological polar surface area (TPSA) is 29.9 Å². The number of hydrogen-bond donors (Lipinski definition) is 1. The molecule has 3 atom stereocenters. The maximum Gasteiger partial charge on any atom is 0.0640 e. The van der Waals surface area contributed by atoms with Crippen LogP contribution in [0.4, 0.5) is 0 Å². The van der Waals surface area contributed by atoms with Crippen LogP contribution in [-0.2, 0) is 6.42 Å². The summed E-state index contributed by atoms with van der Waals surface area (Å²) < 4.78 is 2.11. The fourth-order valence-electron chi connectivity index (χ4n) is 2.80. The van der Waals surface area contributed by atoms with Gasteiger partial charge < -0.3 is 5.32 Å². The van der Waals surface area contributed by atoms with Crippen LogP contribution >= 0.6 is 0 Å². The molecule has 1 aromatic heterocycles. The fraction of sp³-hybridized carbons (Fsp3) is 0.824. The number of hydrogen-bond acceptors (Lipinski definition) is 2. The molecule has 0 radical (unpaired) electrons. The van der Waals surface area contributed by atoms with Crippen LogP contribution in [0.15, 0.2) is 12.3 Å². The third-order valence-electron chi connectivity index (χ3n) is 4.53. The fourth-order valence-corrected chi connectivity index (χ4v) is 2.80. The van der Waals surface area contributed by atoms with Gasteiger partial charge in [-0.2, -0.15) is 5.10 Å². The number of aromatic nitrogens is 2. The molecule has 0 aliphatic heterocycles. The van der Waals surface area contributed by atoms with E-state index in [2.05, 4.69) is 57.0 Å². The molecule has 0 amide bonds. The van der Waals surface area contributed by atoms with Crippen LogP contribution in [0.2, 0.25) is 0 Å². The third-order valence-corrected chi connectivity index (χ3v) is 4.53. The zero-order valence-corrected chi connectivity index (χ0v) is 14.0. The molecule has 1 heterocycles. The maximum absolute atomic E-state index is 4.74. The van der Waals surface area contributed by atoms with Crippen molar-refractivity contribution in [3.63, 3.8) is 0 Å². The molecule has 20 heavy (non-hydrogen) atoms. The van der Waals surface area contributed by atoms with Gasteiger partial charge in [0.05, 0.1) is 5.69 Å². The zero-order chi connectivity index (χ0) is 15.0. The van der Waals surface area contributed by atoms with Crippen molar-refractivity contribution in [1.29, 1.82) is 0 Å². The Kier molecular flexibility index (Phi) is 7.90. The normalized spacial score (nSPS) is 16.1. The van der Waals surface area contributed by atoms with Gasteiger partial charge in [0.25, 0.3) is 0 Å². The van der Waals surface area contributed by atoms with Gasteiger partial charge in [0.1, 0.15) is 0 Å². The van der Waals surface area contributed by atoms with Crippen molar-refractivity contribution >= 4 is 0 Å². The Labute approximate surface area is 125 Å². The molecular weight excluding hydrogens is 246 g/mol. The molecule has 0 spiro atoms. The molecule has 1 rings (SSSR count). The first-order valence-corrected chi connectivity index (χ1v) is 8.37. The Hall–Kier alpha value is -0.830. The highest BCUT2D eigenvalue weighted by Gasteiger charge is 2.19. The standard InChI is InChI=1S/C17H33N3/c1-6-9-10-15(8-3)17(18-5)13-16-11-12-20(19-16)14(4)7-2/h11-12,14-15,17-18H,6-10,13H2,1-5H3. The highest BCUT2D eigenvalue weighted by atomic mass is 15.3. The molecule has 1 aromatic rings. The van der Waals surface area contributed by atoms with Crippen molar-refractivity contribution < 1.29 is 0 Å². The van der Waals surface area contributed by atoms with Crippen LogP contribution in [0, 0.1) is 5.92 Å². The lowest BCUT2D eigenvalue weighted by Gasteiger charge is -2.25. The lowest BCUT2D eigenvalue weighted by atomic mass is 9.89. The molecule has 0 saturated heterocycles. The van der Waals surface area contributed by atoms with E-state index in [-0.39, 0.29) is 0 Å². The maximum atomic E-state index is 4.74. The van der Waals surface area contributed by atoms with Crippen molar-refractivity contribution in [2.45, 2.75) is 78.3 Å². The van der Waals surface area contributed by atoms with E-state index in [9.17, 15) is 0 Å². The quantitative estimate of drug-likeness (QED) is 0.695. The molecule has 3 unspecified atom stereocenters. The smallest absolute Gasteiger partial charge is 0.0640 e. The van der Waals surface area contributed by atoms with Crippen molar-refractivity contribution in [2.24, 2.45) is 5.92 Å². The van der Waals surface area contributed by atoms with E-state index in [0.717, 1.165) is 18.8 Å². The number of rotatable bonds is 10. The van der Waals surface area contributed by atoms with Gasteiger partial charge in [0.2, 0.25) is 0 Å².